The molecule has 2 aromatic rings. The normalized spacial score (nSPS) is 20.2. The fraction of sp³-hybridized carbons (Fsp3) is 0.500. The first kappa shape index (κ1) is 18.2. The van der Waals surface area contributed by atoms with Crippen molar-refractivity contribution < 1.29 is 0 Å². The maximum atomic E-state index is 12.2. The Labute approximate surface area is 146 Å². The molecule has 5 nitrogen and oxygen atoms in total. The molecule has 23 heavy (non-hydrogen) atoms. The Morgan fingerprint density at radius 2 is 2.30 bits per heavy atom. The molecule has 2 unspecified atom stereocenters. The zero-order valence-electron chi connectivity index (χ0n) is 13.1. The lowest BCUT2D eigenvalue weighted by Gasteiger charge is -2.34. The van der Waals surface area contributed by atoms with Crippen molar-refractivity contribution in [3.05, 3.63) is 39.4 Å². The van der Waals surface area contributed by atoms with Crippen LogP contribution in [0.4, 0.5) is 0 Å². The van der Waals surface area contributed by atoms with Crippen LogP contribution in [0.25, 0.3) is 10.9 Å². The second-order valence-corrected chi connectivity index (χ2v) is 6.61. The number of piperidine rings is 1. The number of hydrogen-bond acceptors (Lipinski definition) is 4. The molecule has 3 N–H and O–H groups in total. The fourth-order valence-electron chi connectivity index (χ4n) is 3.11. The largest absolute Gasteiger partial charge is 0.328 e. The number of benzene rings is 1. The molecule has 1 aromatic carbocycles. The number of halogens is 2. The maximum Gasteiger partial charge on any atom is 0.258 e. The van der Waals surface area contributed by atoms with Crippen molar-refractivity contribution in [2.24, 2.45) is 11.7 Å². The van der Waals surface area contributed by atoms with Crippen molar-refractivity contribution in [1.82, 2.24) is 14.9 Å². The molecule has 0 saturated carbocycles. The smallest absolute Gasteiger partial charge is 0.258 e. The Morgan fingerprint density at radius 1 is 1.52 bits per heavy atom. The molecule has 0 radical (unpaired) electrons. The molecule has 2 heterocycles. The first-order valence-electron chi connectivity index (χ1n) is 7.69. The van der Waals surface area contributed by atoms with Gasteiger partial charge in [-0.2, -0.15) is 0 Å². The first-order chi connectivity index (χ1) is 10.5. The van der Waals surface area contributed by atoms with E-state index in [2.05, 4.69) is 21.8 Å². The predicted octanol–water partition coefficient (Wildman–Crippen LogP) is 2.56. The van der Waals surface area contributed by atoms with E-state index in [0.29, 0.717) is 34.2 Å². The molecular weight excluding hydrogens is 335 g/mol. The lowest BCUT2D eigenvalue weighted by molar-refractivity contribution is 0.151. The molecule has 1 aliphatic heterocycles. The van der Waals surface area contributed by atoms with Crippen LogP contribution in [0.2, 0.25) is 5.02 Å². The maximum absolute atomic E-state index is 12.2. The van der Waals surface area contributed by atoms with Gasteiger partial charge in [-0.05, 0) is 50.4 Å². The van der Waals surface area contributed by atoms with E-state index in [4.69, 9.17) is 17.3 Å². The molecule has 0 amide bonds. The topological polar surface area (TPSA) is 75.0 Å². The Bertz CT molecular complexity index is 732. The Balaban J connectivity index is 0.00000192. The average molecular weight is 357 g/mol. The highest BCUT2D eigenvalue weighted by Gasteiger charge is 2.23. The summed E-state index contributed by atoms with van der Waals surface area (Å²) in [7, 11) is 0. The van der Waals surface area contributed by atoms with Crippen LogP contribution < -0.4 is 11.3 Å². The molecule has 1 aromatic heterocycles. The molecular formula is C16H22Cl2N4O. The standard InChI is InChI=1S/C16H21ClN4O.ClH/c1-10(18)11-3-2-6-21(8-11)9-15-19-14-5-4-12(17)7-13(14)16(22)20-15;/h4-5,7,10-11H,2-3,6,8-9,18H2,1H3,(H,19,20,22);1H. The second-order valence-electron chi connectivity index (χ2n) is 6.17. The number of nitrogens with one attached hydrogen (secondary N) is 1. The highest BCUT2D eigenvalue weighted by molar-refractivity contribution is 6.31. The highest BCUT2D eigenvalue weighted by atomic mass is 35.5. The van der Waals surface area contributed by atoms with E-state index in [1.807, 2.05) is 0 Å². The zero-order valence-corrected chi connectivity index (χ0v) is 14.7. The molecule has 1 saturated heterocycles. The van der Waals surface area contributed by atoms with Crippen molar-refractivity contribution in [3.63, 3.8) is 0 Å². The van der Waals surface area contributed by atoms with Crippen LogP contribution in [0.5, 0.6) is 0 Å². The lowest BCUT2D eigenvalue weighted by atomic mass is 9.92. The van der Waals surface area contributed by atoms with Crippen molar-refractivity contribution >= 4 is 34.9 Å². The molecule has 1 fully saturated rings. The molecule has 2 atom stereocenters. The molecule has 126 valence electrons. The number of rotatable bonds is 3. The monoisotopic (exact) mass is 356 g/mol. The summed E-state index contributed by atoms with van der Waals surface area (Å²) in [6.45, 7) is 4.69. The van der Waals surface area contributed by atoms with Gasteiger partial charge in [-0.3, -0.25) is 9.69 Å². The molecule has 1 aliphatic rings. The van der Waals surface area contributed by atoms with Gasteiger partial charge in [-0.15, -0.1) is 12.4 Å². The van der Waals surface area contributed by atoms with Crippen LogP contribution in [0.3, 0.4) is 0 Å². The van der Waals surface area contributed by atoms with Gasteiger partial charge in [0.1, 0.15) is 5.82 Å². The van der Waals surface area contributed by atoms with Crippen LogP contribution in [0, 0.1) is 5.92 Å². The Kier molecular flexibility index (Phi) is 6.03. The van der Waals surface area contributed by atoms with Crippen molar-refractivity contribution in [2.45, 2.75) is 32.4 Å². The van der Waals surface area contributed by atoms with Crippen molar-refractivity contribution in [3.8, 4) is 0 Å². The quantitative estimate of drug-likeness (QED) is 0.885. The number of aromatic amines is 1. The molecule has 3 rings (SSSR count). The van der Waals surface area contributed by atoms with Gasteiger partial charge in [0.2, 0.25) is 0 Å². The first-order valence-corrected chi connectivity index (χ1v) is 8.07. The van der Waals surface area contributed by atoms with E-state index in [0.717, 1.165) is 19.5 Å². The minimum Gasteiger partial charge on any atom is -0.328 e. The summed E-state index contributed by atoms with van der Waals surface area (Å²) in [6, 6.07) is 5.40. The third-order valence-electron chi connectivity index (χ3n) is 4.38. The summed E-state index contributed by atoms with van der Waals surface area (Å²) in [6.07, 6.45) is 2.31. The number of hydrogen-bond donors (Lipinski definition) is 2. The van der Waals surface area contributed by atoms with Crippen LogP contribution >= 0.6 is 24.0 Å². The highest BCUT2D eigenvalue weighted by Crippen LogP contribution is 2.20. The Hall–Kier alpha value is -1.14. The van der Waals surface area contributed by atoms with E-state index >= 15 is 0 Å². The van der Waals surface area contributed by atoms with Gasteiger partial charge in [0.05, 0.1) is 17.4 Å². The van der Waals surface area contributed by atoms with Gasteiger partial charge in [0.15, 0.2) is 0 Å². The van der Waals surface area contributed by atoms with Gasteiger partial charge in [-0.25, -0.2) is 4.98 Å². The summed E-state index contributed by atoms with van der Waals surface area (Å²) < 4.78 is 0. The number of aromatic nitrogens is 2. The molecule has 0 aliphatic carbocycles. The van der Waals surface area contributed by atoms with Gasteiger partial charge >= 0.3 is 0 Å². The minimum absolute atomic E-state index is 0. The summed E-state index contributed by atoms with van der Waals surface area (Å²) in [5.41, 5.74) is 6.57. The van der Waals surface area contributed by atoms with Gasteiger partial charge in [0, 0.05) is 17.6 Å². The zero-order chi connectivity index (χ0) is 15.7. The van der Waals surface area contributed by atoms with E-state index in [9.17, 15) is 4.79 Å². The second kappa shape index (κ2) is 7.62. The number of nitrogens with zero attached hydrogens (tertiary/aromatic N) is 2. The third kappa shape index (κ3) is 4.23. The number of H-pyrrole nitrogens is 1. The van der Waals surface area contributed by atoms with Gasteiger partial charge < -0.3 is 10.7 Å². The van der Waals surface area contributed by atoms with E-state index < -0.39 is 0 Å². The molecule has 0 spiro atoms. The van der Waals surface area contributed by atoms with Crippen LogP contribution in [-0.4, -0.2) is 34.0 Å². The minimum atomic E-state index is -0.136. The van der Waals surface area contributed by atoms with Crippen LogP contribution in [0.1, 0.15) is 25.6 Å². The summed E-state index contributed by atoms with van der Waals surface area (Å²) in [4.78, 5) is 21.9. The number of fused-ring (bicyclic) bond motifs is 1. The summed E-state index contributed by atoms with van der Waals surface area (Å²) >= 11 is 5.93. The summed E-state index contributed by atoms with van der Waals surface area (Å²) in [5.74, 6) is 1.21. The Morgan fingerprint density at radius 3 is 3.04 bits per heavy atom. The van der Waals surface area contributed by atoms with Crippen molar-refractivity contribution in [1.29, 1.82) is 0 Å². The molecule has 7 heteroatoms. The van der Waals surface area contributed by atoms with Crippen LogP contribution in [0.15, 0.2) is 23.0 Å². The average Bonchev–Trinajstić information content (AvgIpc) is 2.48. The van der Waals surface area contributed by atoms with E-state index in [1.165, 1.54) is 6.42 Å². The van der Waals surface area contributed by atoms with E-state index in [-0.39, 0.29) is 24.0 Å². The van der Waals surface area contributed by atoms with Crippen molar-refractivity contribution in [2.75, 3.05) is 13.1 Å². The predicted molar refractivity (Wildman–Crippen MR) is 96.3 cm³/mol. The third-order valence-corrected chi connectivity index (χ3v) is 4.61. The summed E-state index contributed by atoms with van der Waals surface area (Å²) in [5, 5.41) is 1.08. The van der Waals surface area contributed by atoms with Crippen LogP contribution in [-0.2, 0) is 6.54 Å². The number of likely N-dealkylation sites (tertiary alicyclic amines) is 1. The molecule has 0 bridgehead atoms. The fourth-order valence-corrected chi connectivity index (χ4v) is 3.28. The van der Waals surface area contributed by atoms with Gasteiger partial charge in [-0.1, -0.05) is 11.6 Å². The lowest BCUT2D eigenvalue weighted by Crippen LogP contribution is -2.42. The number of nitrogens with two attached hydrogens (primary N) is 1. The SMILES string of the molecule is CC(N)C1CCCN(Cc2nc3ccc(Cl)cc3c(=O)[nH]2)C1.Cl. The van der Waals surface area contributed by atoms with Gasteiger partial charge in [0.25, 0.3) is 5.56 Å². The van der Waals surface area contributed by atoms with E-state index in [1.54, 1.807) is 18.2 Å².